The Kier molecular flexibility index (Phi) is 4.45. The van der Waals surface area contributed by atoms with Gasteiger partial charge in [-0.15, -0.1) is 0 Å². The maximum absolute atomic E-state index is 11.8. The molecule has 118 valence electrons. The lowest BCUT2D eigenvalue weighted by molar-refractivity contribution is -0.178. The van der Waals surface area contributed by atoms with Crippen molar-refractivity contribution in [2.75, 3.05) is 0 Å². The molecule has 0 aromatic carbocycles. The topological polar surface area (TPSA) is 96.0 Å². The second kappa shape index (κ2) is 5.46. The van der Waals surface area contributed by atoms with Crippen LogP contribution in [0.2, 0.25) is 0 Å². The van der Waals surface area contributed by atoms with Gasteiger partial charge in [-0.05, 0) is 41.5 Å². The summed E-state index contributed by atoms with van der Waals surface area (Å²) in [6, 6.07) is 0. The number of ether oxygens (including phenoxy) is 3. The monoisotopic (exact) mass is 300 g/mol. The van der Waals surface area contributed by atoms with Crippen molar-refractivity contribution in [3.8, 4) is 0 Å². The van der Waals surface area contributed by atoms with Crippen LogP contribution in [0.4, 0.5) is 0 Å². The molecule has 0 aliphatic carbocycles. The van der Waals surface area contributed by atoms with Crippen molar-refractivity contribution in [3.63, 3.8) is 0 Å². The molecule has 0 unspecified atom stereocenters. The largest absolute Gasteiger partial charge is 0.445 e. The third-order valence-corrected chi connectivity index (χ3v) is 2.63. The zero-order valence-electron chi connectivity index (χ0n) is 13.0. The number of rotatable bonds is 2. The predicted molar refractivity (Wildman–Crippen MR) is 69.8 cm³/mol. The van der Waals surface area contributed by atoms with Crippen molar-refractivity contribution >= 4 is 23.9 Å². The average molecular weight is 300 g/mol. The Morgan fingerprint density at radius 1 is 0.810 bits per heavy atom. The Morgan fingerprint density at radius 3 is 1.33 bits per heavy atom. The molecule has 21 heavy (non-hydrogen) atoms. The van der Waals surface area contributed by atoms with Gasteiger partial charge in [-0.2, -0.15) is 0 Å². The number of esters is 4. The molecule has 7 heteroatoms. The minimum absolute atomic E-state index is 0.698. The lowest BCUT2D eigenvalue weighted by atomic mass is 9.97. The Hall–Kier alpha value is -1.92. The second-order valence-corrected chi connectivity index (χ2v) is 6.89. The highest BCUT2D eigenvalue weighted by Gasteiger charge is 2.51. The molecule has 1 heterocycles. The van der Waals surface area contributed by atoms with Crippen LogP contribution in [0.1, 0.15) is 41.5 Å². The van der Waals surface area contributed by atoms with Crippen LogP contribution in [0, 0.1) is 10.8 Å². The minimum atomic E-state index is -1.56. The number of hydrogen-bond acceptors (Lipinski definition) is 7. The molecule has 1 fully saturated rings. The highest BCUT2D eigenvalue weighted by atomic mass is 16.7. The van der Waals surface area contributed by atoms with E-state index in [1.807, 2.05) is 0 Å². The summed E-state index contributed by atoms with van der Waals surface area (Å²) in [6.07, 6.45) is -3.12. The summed E-state index contributed by atoms with van der Waals surface area (Å²) >= 11 is 0. The van der Waals surface area contributed by atoms with Crippen molar-refractivity contribution in [1.82, 2.24) is 0 Å². The zero-order chi connectivity index (χ0) is 16.6. The fourth-order valence-corrected chi connectivity index (χ4v) is 1.27. The summed E-state index contributed by atoms with van der Waals surface area (Å²) in [7, 11) is 0. The van der Waals surface area contributed by atoms with Gasteiger partial charge in [0.1, 0.15) is 0 Å². The number of hydrogen-bond donors (Lipinski definition) is 0. The quantitative estimate of drug-likeness (QED) is 0.426. The molecule has 0 saturated carbocycles. The maximum atomic E-state index is 11.8. The first kappa shape index (κ1) is 17.1. The first-order valence-electron chi connectivity index (χ1n) is 6.52. The van der Waals surface area contributed by atoms with E-state index >= 15 is 0 Å². The molecule has 0 aromatic rings. The first-order valence-corrected chi connectivity index (χ1v) is 6.52. The van der Waals surface area contributed by atoms with Gasteiger partial charge in [-0.25, -0.2) is 9.59 Å². The lowest BCUT2D eigenvalue weighted by Crippen LogP contribution is -2.42. The number of carbonyl (C=O) groups excluding carboxylic acids is 4. The summed E-state index contributed by atoms with van der Waals surface area (Å²) in [4.78, 5) is 46.8. The van der Waals surface area contributed by atoms with Gasteiger partial charge in [0.15, 0.2) is 0 Å². The van der Waals surface area contributed by atoms with E-state index in [1.54, 1.807) is 41.5 Å². The van der Waals surface area contributed by atoms with Crippen molar-refractivity contribution in [1.29, 1.82) is 0 Å². The summed E-state index contributed by atoms with van der Waals surface area (Å²) < 4.78 is 14.3. The van der Waals surface area contributed by atoms with Crippen LogP contribution in [0.3, 0.4) is 0 Å². The minimum Gasteiger partial charge on any atom is -0.445 e. The van der Waals surface area contributed by atoms with Crippen molar-refractivity contribution < 1.29 is 33.4 Å². The van der Waals surface area contributed by atoms with E-state index in [0.717, 1.165) is 0 Å². The fourth-order valence-electron chi connectivity index (χ4n) is 1.27. The van der Waals surface area contributed by atoms with Crippen LogP contribution in [-0.4, -0.2) is 36.1 Å². The Bertz CT molecular complexity index is 435. The van der Waals surface area contributed by atoms with E-state index in [2.05, 4.69) is 4.74 Å². The van der Waals surface area contributed by atoms with Crippen LogP contribution >= 0.6 is 0 Å². The first-order chi connectivity index (χ1) is 9.34. The van der Waals surface area contributed by atoms with Gasteiger partial charge >= 0.3 is 23.9 Å². The van der Waals surface area contributed by atoms with Crippen molar-refractivity contribution in [2.45, 2.75) is 53.8 Å². The van der Waals surface area contributed by atoms with Crippen molar-refractivity contribution in [2.24, 2.45) is 10.8 Å². The molecule has 7 nitrogen and oxygen atoms in total. The number of carbonyl (C=O) groups is 4. The third-order valence-electron chi connectivity index (χ3n) is 2.63. The molecule has 0 aromatic heterocycles. The van der Waals surface area contributed by atoms with Crippen LogP contribution in [0.5, 0.6) is 0 Å². The second-order valence-electron chi connectivity index (χ2n) is 6.89. The van der Waals surface area contributed by atoms with Crippen molar-refractivity contribution in [3.05, 3.63) is 0 Å². The highest BCUT2D eigenvalue weighted by molar-refractivity contribution is 6.01. The standard InChI is InChI=1S/C14H20O7/c1-13(2,3)11(17)19-7-8(10(16)21-9(7)15)20-12(18)14(4,5)6/h7-8H,1-6H3/t7-,8-/m1/s1. The Balaban J connectivity index is 2.90. The lowest BCUT2D eigenvalue weighted by Gasteiger charge is -2.23. The predicted octanol–water partition coefficient (Wildman–Crippen LogP) is 0.986. The van der Waals surface area contributed by atoms with Gasteiger partial charge in [-0.3, -0.25) is 9.59 Å². The molecule has 0 bridgehead atoms. The van der Waals surface area contributed by atoms with E-state index in [0.29, 0.717) is 0 Å². The van der Waals surface area contributed by atoms with Gasteiger partial charge in [0.2, 0.25) is 12.2 Å². The van der Waals surface area contributed by atoms with Crippen LogP contribution in [0.25, 0.3) is 0 Å². The van der Waals surface area contributed by atoms with Crippen LogP contribution in [-0.2, 0) is 33.4 Å². The maximum Gasteiger partial charge on any atom is 0.359 e. The smallest absolute Gasteiger partial charge is 0.359 e. The van der Waals surface area contributed by atoms with E-state index in [1.165, 1.54) is 0 Å². The van der Waals surface area contributed by atoms with Gasteiger partial charge in [-0.1, -0.05) is 0 Å². The van der Waals surface area contributed by atoms with Crippen LogP contribution < -0.4 is 0 Å². The molecule has 0 spiro atoms. The average Bonchev–Trinajstić information content (AvgIpc) is 2.53. The van der Waals surface area contributed by atoms with E-state index in [4.69, 9.17) is 9.47 Å². The molecule has 0 N–H and O–H groups in total. The number of cyclic esters (lactones) is 2. The Labute approximate surface area is 122 Å². The molecule has 1 saturated heterocycles. The fraction of sp³-hybridized carbons (Fsp3) is 0.714. The molecular formula is C14H20O7. The van der Waals surface area contributed by atoms with E-state index < -0.39 is 46.9 Å². The molecule has 0 amide bonds. The van der Waals surface area contributed by atoms with Gasteiger partial charge in [0.25, 0.3) is 0 Å². The molecule has 1 aliphatic rings. The molecule has 1 aliphatic heterocycles. The molecule has 2 atom stereocenters. The Morgan fingerprint density at radius 2 is 1.10 bits per heavy atom. The zero-order valence-corrected chi connectivity index (χ0v) is 13.0. The summed E-state index contributed by atoms with van der Waals surface area (Å²) in [6.45, 7) is 9.55. The SMILES string of the molecule is CC(C)(C)C(=O)O[C@H]1C(=O)OC(=O)[C@@H]1OC(=O)C(C)(C)C. The van der Waals surface area contributed by atoms with E-state index in [-0.39, 0.29) is 0 Å². The molecule has 0 radical (unpaired) electrons. The molecular weight excluding hydrogens is 280 g/mol. The van der Waals surface area contributed by atoms with Gasteiger partial charge in [0, 0.05) is 0 Å². The van der Waals surface area contributed by atoms with Gasteiger partial charge in [0.05, 0.1) is 10.8 Å². The molecule has 1 rings (SSSR count). The van der Waals surface area contributed by atoms with Gasteiger partial charge < -0.3 is 14.2 Å². The summed E-state index contributed by atoms with van der Waals surface area (Å²) in [5.74, 6) is -3.47. The van der Waals surface area contributed by atoms with Crippen LogP contribution in [0.15, 0.2) is 0 Å². The summed E-state index contributed by atoms with van der Waals surface area (Å²) in [5, 5.41) is 0. The highest BCUT2D eigenvalue weighted by Crippen LogP contribution is 2.25. The summed E-state index contributed by atoms with van der Waals surface area (Å²) in [5.41, 5.74) is -1.74. The van der Waals surface area contributed by atoms with E-state index in [9.17, 15) is 19.2 Å². The third kappa shape index (κ3) is 4.03. The normalized spacial score (nSPS) is 22.8.